The number of nitrogens with zero attached hydrogens (tertiary/aromatic N) is 3. The quantitative estimate of drug-likeness (QED) is 0.365. The Morgan fingerprint density at radius 2 is 2.12 bits per heavy atom. The molecule has 3 heterocycles. The molecular formula is C16H18ClN3O2SSi. The lowest BCUT2D eigenvalue weighted by atomic mass is 10.2. The normalized spacial score (nSPS) is 12.0. The van der Waals surface area contributed by atoms with Gasteiger partial charge in [-0.3, -0.25) is 4.79 Å². The maximum absolute atomic E-state index is 12.7. The Kier molecular flexibility index (Phi) is 4.87. The second-order valence-corrected chi connectivity index (χ2v) is 13.4. The first-order chi connectivity index (χ1) is 11.3. The molecule has 0 aliphatic heterocycles. The van der Waals surface area contributed by atoms with Crippen molar-refractivity contribution in [1.29, 1.82) is 0 Å². The summed E-state index contributed by atoms with van der Waals surface area (Å²) in [4.78, 5) is 21.7. The molecule has 5 nitrogen and oxygen atoms in total. The lowest BCUT2D eigenvalue weighted by molar-refractivity contribution is 0.103. The van der Waals surface area contributed by atoms with Gasteiger partial charge in [-0.1, -0.05) is 25.7 Å². The summed E-state index contributed by atoms with van der Waals surface area (Å²) >= 11 is 7.43. The van der Waals surface area contributed by atoms with Crippen LogP contribution in [-0.4, -0.2) is 34.6 Å². The maximum Gasteiger partial charge on any atom is 0.225 e. The number of carbonyl (C=O) groups excluding carboxylic acids is 1. The highest BCUT2D eigenvalue weighted by Crippen LogP contribution is 2.23. The lowest BCUT2D eigenvalue weighted by Gasteiger charge is -2.16. The van der Waals surface area contributed by atoms with Crippen molar-refractivity contribution in [2.45, 2.75) is 26.4 Å². The van der Waals surface area contributed by atoms with Crippen molar-refractivity contribution in [3.05, 3.63) is 45.6 Å². The van der Waals surface area contributed by atoms with Gasteiger partial charge < -0.3 is 9.30 Å². The van der Waals surface area contributed by atoms with Crippen LogP contribution in [0.1, 0.15) is 15.4 Å². The first kappa shape index (κ1) is 17.3. The van der Waals surface area contributed by atoms with Crippen LogP contribution in [-0.2, 0) is 11.5 Å². The van der Waals surface area contributed by atoms with Crippen molar-refractivity contribution in [2.24, 2.45) is 0 Å². The van der Waals surface area contributed by atoms with E-state index in [2.05, 4.69) is 29.6 Å². The summed E-state index contributed by atoms with van der Waals surface area (Å²) in [6.45, 7) is 7.13. The number of ketones is 1. The van der Waals surface area contributed by atoms with Crippen LogP contribution in [0.5, 0.6) is 0 Å². The third-order valence-corrected chi connectivity index (χ3v) is 5.42. The van der Waals surface area contributed by atoms with E-state index in [4.69, 9.17) is 16.3 Å². The molecule has 3 aromatic heterocycles. The average Bonchev–Trinajstić information content (AvgIpc) is 3.15. The topological polar surface area (TPSA) is 57.0 Å². The van der Waals surface area contributed by atoms with E-state index in [1.165, 1.54) is 11.3 Å². The van der Waals surface area contributed by atoms with Crippen molar-refractivity contribution in [2.75, 3.05) is 6.23 Å². The highest BCUT2D eigenvalue weighted by Gasteiger charge is 2.20. The Labute approximate surface area is 150 Å². The summed E-state index contributed by atoms with van der Waals surface area (Å²) in [5.41, 5.74) is 0.946. The van der Waals surface area contributed by atoms with Gasteiger partial charge in [-0.2, -0.15) is 4.98 Å². The Balaban J connectivity index is 1.94. The fourth-order valence-electron chi connectivity index (χ4n) is 2.29. The zero-order chi connectivity index (χ0) is 17.3. The highest BCUT2D eigenvalue weighted by molar-refractivity contribution is 7.12. The Morgan fingerprint density at radius 1 is 1.33 bits per heavy atom. The van der Waals surface area contributed by atoms with Gasteiger partial charge in [0.15, 0.2) is 0 Å². The van der Waals surface area contributed by atoms with E-state index >= 15 is 0 Å². The van der Waals surface area contributed by atoms with Gasteiger partial charge in [0.05, 0.1) is 13.0 Å². The van der Waals surface area contributed by atoms with Gasteiger partial charge in [-0.05, 0) is 29.1 Å². The molecule has 126 valence electrons. The highest BCUT2D eigenvalue weighted by atomic mass is 35.5. The molecule has 8 heteroatoms. The number of halogens is 1. The maximum atomic E-state index is 12.7. The van der Waals surface area contributed by atoms with Gasteiger partial charge in [-0.15, -0.1) is 11.3 Å². The van der Waals surface area contributed by atoms with Crippen LogP contribution >= 0.6 is 22.9 Å². The summed E-state index contributed by atoms with van der Waals surface area (Å²) in [7, 11) is -1.28. The molecule has 0 bridgehead atoms. The molecule has 3 aromatic rings. The second-order valence-electron chi connectivity index (χ2n) is 6.71. The zero-order valence-corrected chi connectivity index (χ0v) is 16.3. The predicted octanol–water partition coefficient (Wildman–Crippen LogP) is 4.23. The average molecular weight is 380 g/mol. The first-order valence-electron chi connectivity index (χ1n) is 7.53. The third kappa shape index (κ3) is 3.75. The Morgan fingerprint density at radius 3 is 2.79 bits per heavy atom. The number of thiophene rings is 1. The van der Waals surface area contributed by atoms with Crippen molar-refractivity contribution < 1.29 is 9.53 Å². The van der Waals surface area contributed by atoms with Crippen LogP contribution < -0.4 is 0 Å². The summed E-state index contributed by atoms with van der Waals surface area (Å²) in [5.74, 6) is -0.139. The first-order valence-corrected chi connectivity index (χ1v) is 12.5. The van der Waals surface area contributed by atoms with Crippen LogP contribution in [0.4, 0.5) is 0 Å². The molecule has 0 aromatic carbocycles. The zero-order valence-electron chi connectivity index (χ0n) is 13.7. The van der Waals surface area contributed by atoms with Gasteiger partial charge in [0.1, 0.15) is 18.1 Å². The summed E-state index contributed by atoms with van der Waals surface area (Å²) in [6.07, 6.45) is 2.61. The Hall–Kier alpha value is -1.54. The number of carbonyl (C=O) groups is 1. The standard InChI is InChI=1S/C16H18ClN3O2SSi/c1-24(2,3)10-22-9-20-7-6-11-13(18-16(17)19-15(11)20)14(21)12-5-4-8-23-12/h4-8H,9-10H2,1-3H3. The molecule has 0 fully saturated rings. The molecule has 0 amide bonds. The van der Waals surface area contributed by atoms with Crippen molar-refractivity contribution in [3.63, 3.8) is 0 Å². The minimum Gasteiger partial charge on any atom is -0.364 e. The predicted molar refractivity (Wildman–Crippen MR) is 99.6 cm³/mol. The van der Waals surface area contributed by atoms with E-state index in [0.717, 1.165) is 6.23 Å². The molecule has 0 radical (unpaired) electrons. The summed E-state index contributed by atoms with van der Waals surface area (Å²) in [5, 5.41) is 2.62. The monoisotopic (exact) mass is 379 g/mol. The molecule has 0 saturated carbocycles. The van der Waals surface area contributed by atoms with Crippen molar-refractivity contribution in [3.8, 4) is 0 Å². The fraction of sp³-hybridized carbons (Fsp3) is 0.312. The second kappa shape index (κ2) is 6.76. The van der Waals surface area contributed by atoms with Gasteiger partial charge in [-0.25, -0.2) is 4.98 Å². The van der Waals surface area contributed by atoms with Crippen LogP contribution in [0.25, 0.3) is 11.0 Å². The van der Waals surface area contributed by atoms with Gasteiger partial charge in [0.2, 0.25) is 11.1 Å². The van der Waals surface area contributed by atoms with Crippen LogP contribution in [0.15, 0.2) is 29.8 Å². The van der Waals surface area contributed by atoms with Gasteiger partial charge in [0, 0.05) is 17.8 Å². The number of fused-ring (bicyclic) bond motifs is 1. The summed E-state index contributed by atoms with van der Waals surface area (Å²) in [6, 6.07) is 5.46. The van der Waals surface area contributed by atoms with Gasteiger partial charge >= 0.3 is 0 Å². The minimum atomic E-state index is -1.28. The molecule has 24 heavy (non-hydrogen) atoms. The molecule has 0 spiro atoms. The minimum absolute atomic E-state index is 0.0625. The number of rotatable bonds is 6. The molecule has 0 saturated heterocycles. The van der Waals surface area contributed by atoms with E-state index in [0.29, 0.717) is 28.3 Å². The van der Waals surface area contributed by atoms with Crippen molar-refractivity contribution >= 4 is 47.8 Å². The van der Waals surface area contributed by atoms with Crippen molar-refractivity contribution in [1.82, 2.24) is 14.5 Å². The van der Waals surface area contributed by atoms with Crippen LogP contribution in [0.3, 0.4) is 0 Å². The number of aromatic nitrogens is 3. The van der Waals surface area contributed by atoms with Crippen LogP contribution in [0.2, 0.25) is 24.9 Å². The molecule has 0 aliphatic carbocycles. The molecule has 0 N–H and O–H groups in total. The molecule has 3 rings (SSSR count). The van der Waals surface area contributed by atoms with E-state index in [1.807, 2.05) is 28.3 Å². The number of ether oxygens (including phenoxy) is 1. The number of hydrogen-bond donors (Lipinski definition) is 0. The summed E-state index contributed by atoms with van der Waals surface area (Å²) < 4.78 is 7.66. The van der Waals surface area contributed by atoms with Gasteiger partial charge in [0.25, 0.3) is 0 Å². The SMILES string of the molecule is C[Si](C)(C)COCn1ccc2c(C(=O)c3cccs3)nc(Cl)nc21. The van der Waals surface area contributed by atoms with E-state index < -0.39 is 8.07 Å². The lowest BCUT2D eigenvalue weighted by Crippen LogP contribution is -2.28. The van der Waals surface area contributed by atoms with E-state index in [1.54, 1.807) is 6.07 Å². The van der Waals surface area contributed by atoms with E-state index in [-0.39, 0.29) is 11.1 Å². The van der Waals surface area contributed by atoms with E-state index in [9.17, 15) is 4.79 Å². The fourth-order valence-corrected chi connectivity index (χ4v) is 3.82. The van der Waals surface area contributed by atoms with Crippen LogP contribution in [0, 0.1) is 0 Å². The third-order valence-electron chi connectivity index (χ3n) is 3.32. The smallest absolute Gasteiger partial charge is 0.225 e. The molecule has 0 unspecified atom stereocenters. The largest absolute Gasteiger partial charge is 0.364 e. The molecule has 0 atom stereocenters. The Bertz CT molecular complexity index is 871. The molecular weight excluding hydrogens is 362 g/mol. The number of hydrogen-bond acceptors (Lipinski definition) is 5. The molecule has 0 aliphatic rings.